The first-order chi connectivity index (χ1) is 8.77. The second-order valence-corrected chi connectivity index (χ2v) is 6.02. The Morgan fingerprint density at radius 2 is 1.06 bits per heavy atom. The number of hydrogen-bond acceptors (Lipinski definition) is 4. The van der Waals surface area contributed by atoms with Gasteiger partial charge in [0.15, 0.2) is 0 Å². The fourth-order valence-corrected chi connectivity index (χ4v) is 3.34. The molecule has 0 aromatic heterocycles. The molecule has 2 saturated carbocycles. The van der Waals surface area contributed by atoms with Gasteiger partial charge in [0, 0.05) is 37.3 Å². The minimum absolute atomic E-state index is 0.357. The monoisotopic (exact) mass is 254 g/mol. The van der Waals surface area contributed by atoms with Crippen LogP contribution in [-0.2, 0) is 0 Å². The first kappa shape index (κ1) is 14.3. The molecule has 2 aliphatic carbocycles. The maximum absolute atomic E-state index is 6.12. The molecule has 4 nitrogen and oxygen atoms in total. The van der Waals surface area contributed by atoms with Crippen LogP contribution in [0.3, 0.4) is 0 Å². The molecule has 6 N–H and O–H groups in total. The van der Waals surface area contributed by atoms with Gasteiger partial charge < -0.3 is 22.1 Å². The summed E-state index contributed by atoms with van der Waals surface area (Å²) in [6, 6.07) is 1.77. The van der Waals surface area contributed by atoms with E-state index in [1.165, 1.54) is 51.4 Å². The summed E-state index contributed by atoms with van der Waals surface area (Å²) in [5, 5.41) is 7.19. The van der Waals surface area contributed by atoms with Crippen molar-refractivity contribution < 1.29 is 0 Å². The van der Waals surface area contributed by atoms with Gasteiger partial charge in [-0.1, -0.05) is 25.7 Å². The maximum atomic E-state index is 6.12. The molecule has 0 heterocycles. The molecule has 0 radical (unpaired) electrons. The van der Waals surface area contributed by atoms with Crippen molar-refractivity contribution in [3.63, 3.8) is 0 Å². The first-order valence-corrected chi connectivity index (χ1v) is 7.75. The van der Waals surface area contributed by atoms with Crippen molar-refractivity contribution >= 4 is 0 Å². The minimum Gasteiger partial charge on any atom is -0.326 e. The molecule has 18 heavy (non-hydrogen) atoms. The second-order valence-electron chi connectivity index (χ2n) is 6.02. The summed E-state index contributed by atoms with van der Waals surface area (Å²) in [5.41, 5.74) is 12.2. The van der Waals surface area contributed by atoms with Crippen molar-refractivity contribution in [1.82, 2.24) is 10.6 Å². The zero-order valence-electron chi connectivity index (χ0n) is 11.5. The van der Waals surface area contributed by atoms with E-state index in [1.54, 1.807) is 0 Å². The van der Waals surface area contributed by atoms with Crippen LogP contribution in [0, 0.1) is 0 Å². The number of nitrogens with one attached hydrogen (secondary N) is 2. The molecule has 0 aromatic carbocycles. The summed E-state index contributed by atoms with van der Waals surface area (Å²) in [6.45, 7) is 2.03. The third kappa shape index (κ3) is 4.19. The largest absolute Gasteiger partial charge is 0.326 e. The van der Waals surface area contributed by atoms with Crippen LogP contribution in [0.1, 0.15) is 51.4 Å². The first-order valence-electron chi connectivity index (χ1n) is 7.75. The van der Waals surface area contributed by atoms with Gasteiger partial charge in [0.05, 0.1) is 0 Å². The van der Waals surface area contributed by atoms with E-state index >= 15 is 0 Å². The van der Waals surface area contributed by atoms with Crippen molar-refractivity contribution in [2.75, 3.05) is 13.1 Å². The summed E-state index contributed by atoms with van der Waals surface area (Å²) in [4.78, 5) is 0. The molecule has 4 atom stereocenters. The third-order valence-electron chi connectivity index (χ3n) is 4.58. The summed E-state index contributed by atoms with van der Waals surface area (Å²) >= 11 is 0. The molecule has 0 amide bonds. The maximum Gasteiger partial charge on any atom is 0.0219 e. The molecule has 2 rings (SSSR count). The highest BCUT2D eigenvalue weighted by molar-refractivity contribution is 4.86. The normalized spacial score (nSPS) is 37.7. The molecule has 3 unspecified atom stereocenters. The fraction of sp³-hybridized carbons (Fsp3) is 1.00. The average molecular weight is 254 g/mol. The lowest BCUT2D eigenvalue weighted by molar-refractivity contribution is 0.306. The van der Waals surface area contributed by atoms with E-state index in [9.17, 15) is 0 Å². The third-order valence-corrected chi connectivity index (χ3v) is 4.58. The Kier molecular flexibility index (Phi) is 5.89. The van der Waals surface area contributed by atoms with Crippen LogP contribution < -0.4 is 22.1 Å². The summed E-state index contributed by atoms with van der Waals surface area (Å²) in [5.74, 6) is 0. The Morgan fingerprint density at radius 3 is 1.44 bits per heavy atom. The summed E-state index contributed by atoms with van der Waals surface area (Å²) < 4.78 is 0. The Bertz CT molecular complexity index is 210. The van der Waals surface area contributed by atoms with E-state index in [1.807, 2.05) is 0 Å². The van der Waals surface area contributed by atoms with Crippen LogP contribution in [0.25, 0.3) is 0 Å². The smallest absolute Gasteiger partial charge is 0.0219 e. The topological polar surface area (TPSA) is 76.1 Å². The molecule has 2 fully saturated rings. The van der Waals surface area contributed by atoms with Crippen LogP contribution >= 0.6 is 0 Å². The molecule has 0 aromatic rings. The standard InChI is InChI=1S/C14H30N4/c15-11-5-1-3-7-13(11)17-9-10-18-14-8-4-2-6-12(14)16/h11-14,17-18H,1-10,15-16H2/t11-,12?,13?,14?/m0/s1. The Balaban J connectivity index is 1.57. The zero-order valence-corrected chi connectivity index (χ0v) is 11.5. The van der Waals surface area contributed by atoms with Crippen molar-refractivity contribution in [2.45, 2.75) is 75.5 Å². The summed E-state index contributed by atoms with van der Waals surface area (Å²) in [7, 11) is 0. The molecular weight excluding hydrogens is 224 g/mol. The van der Waals surface area contributed by atoms with E-state index in [-0.39, 0.29) is 0 Å². The number of nitrogens with two attached hydrogens (primary N) is 2. The molecule has 0 spiro atoms. The van der Waals surface area contributed by atoms with Crippen LogP contribution in [0.2, 0.25) is 0 Å². The van der Waals surface area contributed by atoms with Gasteiger partial charge in [-0.05, 0) is 25.7 Å². The number of rotatable bonds is 5. The molecule has 4 heteroatoms. The second kappa shape index (κ2) is 7.43. The van der Waals surface area contributed by atoms with Crippen molar-refractivity contribution in [3.8, 4) is 0 Å². The van der Waals surface area contributed by atoms with Gasteiger partial charge in [-0.2, -0.15) is 0 Å². The molecule has 0 aliphatic heterocycles. The molecule has 106 valence electrons. The highest BCUT2D eigenvalue weighted by atomic mass is 15.0. The Hall–Kier alpha value is -0.160. The molecule has 0 saturated heterocycles. The van der Waals surface area contributed by atoms with Crippen LogP contribution in [0.5, 0.6) is 0 Å². The quantitative estimate of drug-likeness (QED) is 0.545. The lowest BCUT2D eigenvalue weighted by Crippen LogP contribution is -2.51. The van der Waals surface area contributed by atoms with Gasteiger partial charge in [0.1, 0.15) is 0 Å². The van der Waals surface area contributed by atoms with Crippen LogP contribution in [0.4, 0.5) is 0 Å². The summed E-state index contributed by atoms with van der Waals surface area (Å²) in [6.07, 6.45) is 10.1. The highest BCUT2D eigenvalue weighted by Crippen LogP contribution is 2.17. The van der Waals surface area contributed by atoms with Gasteiger partial charge in [-0.25, -0.2) is 0 Å². The minimum atomic E-state index is 0.357. The lowest BCUT2D eigenvalue weighted by Gasteiger charge is -2.31. The molecule has 0 bridgehead atoms. The van der Waals surface area contributed by atoms with E-state index in [0.29, 0.717) is 24.2 Å². The van der Waals surface area contributed by atoms with Gasteiger partial charge >= 0.3 is 0 Å². The van der Waals surface area contributed by atoms with Gasteiger partial charge in [-0.15, -0.1) is 0 Å². The van der Waals surface area contributed by atoms with Gasteiger partial charge in [0.2, 0.25) is 0 Å². The van der Waals surface area contributed by atoms with E-state index in [2.05, 4.69) is 10.6 Å². The van der Waals surface area contributed by atoms with Crippen molar-refractivity contribution in [1.29, 1.82) is 0 Å². The van der Waals surface area contributed by atoms with E-state index < -0.39 is 0 Å². The SMILES string of the molecule is NC1CCCCC1NCCNC1CCCC[C@@H]1N. The Labute approximate surface area is 111 Å². The Morgan fingerprint density at radius 1 is 0.667 bits per heavy atom. The average Bonchev–Trinajstić information content (AvgIpc) is 2.38. The van der Waals surface area contributed by atoms with E-state index in [4.69, 9.17) is 11.5 Å². The van der Waals surface area contributed by atoms with Crippen LogP contribution in [0.15, 0.2) is 0 Å². The molecule has 2 aliphatic rings. The van der Waals surface area contributed by atoms with Gasteiger partial charge in [0.25, 0.3) is 0 Å². The molecular formula is C14H30N4. The number of hydrogen-bond donors (Lipinski definition) is 4. The predicted molar refractivity (Wildman–Crippen MR) is 76.5 cm³/mol. The lowest BCUT2D eigenvalue weighted by atomic mass is 9.90. The van der Waals surface area contributed by atoms with Gasteiger partial charge in [-0.3, -0.25) is 0 Å². The fourth-order valence-electron chi connectivity index (χ4n) is 3.34. The predicted octanol–water partition coefficient (Wildman–Crippen LogP) is 0.705. The zero-order chi connectivity index (χ0) is 12.8. The van der Waals surface area contributed by atoms with Crippen molar-refractivity contribution in [3.05, 3.63) is 0 Å². The van der Waals surface area contributed by atoms with Crippen LogP contribution in [-0.4, -0.2) is 37.3 Å². The van der Waals surface area contributed by atoms with E-state index in [0.717, 1.165) is 13.1 Å². The highest BCUT2D eigenvalue weighted by Gasteiger charge is 2.22. The van der Waals surface area contributed by atoms with Crippen molar-refractivity contribution in [2.24, 2.45) is 11.5 Å².